The van der Waals surface area contributed by atoms with E-state index in [1.807, 2.05) is 97.1 Å². The van der Waals surface area contributed by atoms with E-state index in [0.717, 1.165) is 11.4 Å². The highest BCUT2D eigenvalue weighted by atomic mass is 32.3. The van der Waals surface area contributed by atoms with Crippen LogP contribution < -0.4 is 21.2 Å². The lowest BCUT2D eigenvalue weighted by molar-refractivity contribution is 0.112. The van der Waals surface area contributed by atoms with Gasteiger partial charge in [-0.05, 0) is 97.1 Å². The van der Waals surface area contributed by atoms with Gasteiger partial charge in [-0.3, -0.25) is 10.0 Å². The molecule has 0 spiro atoms. The van der Waals surface area contributed by atoms with Crippen molar-refractivity contribution in [1.82, 2.24) is 11.2 Å². The van der Waals surface area contributed by atoms with E-state index in [4.69, 9.17) is 8.57 Å². The Bertz CT molecular complexity index is 1920. The van der Waals surface area contributed by atoms with E-state index in [0.29, 0.717) is 34.1 Å². The molecule has 0 unspecified atom stereocenters. The number of para-hydroxylation sites is 2. The summed E-state index contributed by atoms with van der Waals surface area (Å²) >= 11 is 0. The quantitative estimate of drug-likeness (QED) is 0.0865. The van der Waals surface area contributed by atoms with Gasteiger partial charge in [-0.15, -0.1) is 8.57 Å². The highest BCUT2D eigenvalue weighted by Gasteiger charge is 2.20. The smallest absolute Gasteiger partial charge is 0.253 e. The van der Waals surface area contributed by atoms with E-state index in [-0.39, 0.29) is 0 Å². The van der Waals surface area contributed by atoms with E-state index in [1.54, 1.807) is 72.8 Å². The highest BCUT2D eigenvalue weighted by molar-refractivity contribution is 7.81. The molecule has 0 amide bonds. The molecule has 0 aromatic heterocycles. The monoisotopic (exact) mass is 670 g/mol. The van der Waals surface area contributed by atoms with Gasteiger partial charge < -0.3 is 0 Å². The summed E-state index contributed by atoms with van der Waals surface area (Å²) < 4.78 is 36.3. The number of anilines is 4. The second kappa shape index (κ2) is 16.1. The van der Waals surface area contributed by atoms with E-state index in [2.05, 4.69) is 31.6 Å². The Labute approximate surface area is 283 Å². The molecule has 0 fully saturated rings. The third-order valence-electron chi connectivity index (χ3n) is 6.78. The molecule has 0 atom stereocenters. The Hall–Kier alpha value is -6.09. The van der Waals surface area contributed by atoms with Crippen molar-refractivity contribution in [2.75, 3.05) is 10.0 Å². The van der Waals surface area contributed by atoms with Crippen molar-refractivity contribution >= 4 is 55.9 Å². The van der Waals surface area contributed by atoms with Gasteiger partial charge >= 0.3 is 10.4 Å². The van der Waals surface area contributed by atoms with Gasteiger partial charge in [0.2, 0.25) is 0 Å². The van der Waals surface area contributed by atoms with Crippen molar-refractivity contribution in [2.45, 2.75) is 0 Å². The van der Waals surface area contributed by atoms with E-state index in [9.17, 15) is 8.42 Å². The number of benzene rings is 6. The van der Waals surface area contributed by atoms with Crippen LogP contribution in [0.15, 0.2) is 190 Å². The fourth-order valence-electron chi connectivity index (χ4n) is 4.40. The molecule has 2 N–H and O–H groups in total. The first kappa shape index (κ1) is 32.8. The van der Waals surface area contributed by atoms with Crippen molar-refractivity contribution in [1.29, 1.82) is 0 Å². The molecule has 13 heteroatoms. The molecule has 12 nitrogen and oxygen atoms in total. The third kappa shape index (κ3) is 9.48. The fraction of sp³-hybridized carbons (Fsp3) is 0. The molecule has 6 aromatic carbocycles. The lowest BCUT2D eigenvalue weighted by Crippen LogP contribution is -2.41. The highest BCUT2D eigenvalue weighted by Crippen LogP contribution is 2.28. The number of rotatable bonds is 14. The Morgan fingerprint density at radius 3 is 0.959 bits per heavy atom. The summed E-state index contributed by atoms with van der Waals surface area (Å²) in [5, 5.41) is 19.9. The Kier molecular flexibility index (Phi) is 10.8. The maximum absolute atomic E-state index is 13.0. The van der Waals surface area contributed by atoms with Crippen LogP contribution in [0.4, 0.5) is 45.5 Å². The van der Waals surface area contributed by atoms with Gasteiger partial charge in [0.25, 0.3) is 0 Å². The predicted molar refractivity (Wildman–Crippen MR) is 189 cm³/mol. The van der Waals surface area contributed by atoms with Crippen LogP contribution >= 0.6 is 0 Å². The molecule has 49 heavy (non-hydrogen) atoms. The second-order valence-electron chi connectivity index (χ2n) is 10.2. The van der Waals surface area contributed by atoms with Crippen LogP contribution in [0.3, 0.4) is 0 Å². The van der Waals surface area contributed by atoms with Crippen LogP contribution in [0.25, 0.3) is 0 Å². The molecule has 0 saturated heterocycles. The lowest BCUT2D eigenvalue weighted by atomic mass is 10.2. The van der Waals surface area contributed by atoms with Gasteiger partial charge in [-0.25, -0.2) is 0 Å². The molecule has 0 radical (unpaired) electrons. The van der Waals surface area contributed by atoms with Crippen LogP contribution in [0.1, 0.15) is 0 Å². The van der Waals surface area contributed by atoms with Crippen molar-refractivity contribution in [3.05, 3.63) is 170 Å². The van der Waals surface area contributed by atoms with Crippen molar-refractivity contribution in [3.63, 3.8) is 0 Å². The minimum atomic E-state index is -4.67. The van der Waals surface area contributed by atoms with Gasteiger partial charge in [0.05, 0.1) is 45.5 Å². The normalized spacial score (nSPS) is 11.6. The number of hydrogen-bond donors (Lipinski definition) is 2. The Morgan fingerprint density at radius 2 is 0.633 bits per heavy atom. The number of nitrogens with one attached hydrogen (secondary N) is 2. The van der Waals surface area contributed by atoms with Gasteiger partial charge in [0, 0.05) is 0 Å². The maximum atomic E-state index is 13.0. The second-order valence-corrected chi connectivity index (χ2v) is 11.4. The molecular weight excluding hydrogens is 641 g/mol. The molecule has 0 heterocycles. The van der Waals surface area contributed by atoms with Crippen LogP contribution in [0, 0.1) is 0 Å². The molecule has 0 aliphatic heterocycles. The fourth-order valence-corrected chi connectivity index (χ4v) is 4.77. The van der Waals surface area contributed by atoms with E-state index >= 15 is 0 Å². The number of nitrogens with zero attached hydrogens (tertiary/aromatic N) is 6. The van der Waals surface area contributed by atoms with Crippen LogP contribution in [-0.2, 0) is 19.0 Å². The predicted octanol–water partition coefficient (Wildman–Crippen LogP) is 9.61. The van der Waals surface area contributed by atoms with E-state index in [1.165, 1.54) is 10.0 Å². The molecule has 6 rings (SSSR count). The van der Waals surface area contributed by atoms with Gasteiger partial charge in [0.15, 0.2) is 0 Å². The van der Waals surface area contributed by atoms with Crippen LogP contribution in [0.5, 0.6) is 0 Å². The SMILES string of the molecule is O=S(=O)(ONN(c1ccccc1)c1ccc(/N=N/c2ccccc2)cc1)ONN(c1ccccc1)c1ccc(/N=N/c2ccccc2)cc1. The van der Waals surface area contributed by atoms with E-state index < -0.39 is 10.4 Å². The van der Waals surface area contributed by atoms with Crippen LogP contribution in [-0.4, -0.2) is 8.42 Å². The summed E-state index contributed by atoms with van der Waals surface area (Å²) in [6.45, 7) is 0. The molecular formula is C36H30N8O4S. The standard InChI is InChI=1S/C36H30N8O4S/c45-49(46,47-41-43(33-17-9-3-10-18-33)35-25-21-31(22-26-35)39-37-29-13-5-1-6-14-29)48-42-44(34-19-11-4-12-20-34)36-27-23-32(24-28-36)40-38-30-15-7-2-8-16-30/h1-28,41-42H/b39-37+,40-38+. The number of hydrogen-bond acceptors (Lipinski definition) is 12. The molecule has 0 aliphatic carbocycles. The van der Waals surface area contributed by atoms with Gasteiger partial charge in [-0.1, -0.05) is 84.0 Å². The zero-order chi connectivity index (χ0) is 33.7. The summed E-state index contributed by atoms with van der Waals surface area (Å²) in [5.41, 5.74) is 9.95. The Balaban J connectivity index is 1.14. The zero-order valence-electron chi connectivity index (χ0n) is 25.9. The summed E-state index contributed by atoms with van der Waals surface area (Å²) in [4.78, 5) is 0. The number of azo groups is 2. The summed E-state index contributed by atoms with van der Waals surface area (Å²) in [6.07, 6.45) is 0. The topological polar surface area (TPSA) is 133 Å². The number of hydrazine groups is 2. The summed E-state index contributed by atoms with van der Waals surface area (Å²) in [7, 11) is -4.67. The first-order chi connectivity index (χ1) is 24.0. The van der Waals surface area contributed by atoms with Crippen molar-refractivity contribution in [3.8, 4) is 0 Å². The molecule has 0 aliphatic rings. The molecule has 0 bridgehead atoms. The third-order valence-corrected chi connectivity index (χ3v) is 7.34. The summed E-state index contributed by atoms with van der Waals surface area (Å²) in [5.74, 6) is 0. The average Bonchev–Trinajstić information content (AvgIpc) is 3.16. The lowest BCUT2D eigenvalue weighted by Gasteiger charge is -2.26. The van der Waals surface area contributed by atoms with Crippen molar-refractivity contribution < 1.29 is 17.0 Å². The molecule has 244 valence electrons. The average molecular weight is 671 g/mol. The first-order valence-corrected chi connectivity index (χ1v) is 16.3. The van der Waals surface area contributed by atoms with Crippen LogP contribution in [0.2, 0.25) is 0 Å². The summed E-state index contributed by atoms with van der Waals surface area (Å²) in [6, 6.07) is 50.8. The minimum absolute atomic E-state index is 0.559. The van der Waals surface area contributed by atoms with Gasteiger partial charge in [0.1, 0.15) is 0 Å². The van der Waals surface area contributed by atoms with Gasteiger partial charge in [-0.2, -0.15) is 28.9 Å². The molecule has 0 saturated carbocycles. The largest absolute Gasteiger partial charge is 0.435 e. The minimum Gasteiger partial charge on any atom is -0.253 e. The maximum Gasteiger partial charge on any atom is 0.435 e. The Morgan fingerprint density at radius 1 is 0.367 bits per heavy atom. The van der Waals surface area contributed by atoms with Crippen molar-refractivity contribution in [2.24, 2.45) is 20.5 Å². The first-order valence-electron chi connectivity index (χ1n) is 15.0. The zero-order valence-corrected chi connectivity index (χ0v) is 26.7. The molecule has 6 aromatic rings.